The van der Waals surface area contributed by atoms with Crippen molar-refractivity contribution in [1.29, 1.82) is 0 Å². The summed E-state index contributed by atoms with van der Waals surface area (Å²) in [5.74, 6) is 0.744. The zero-order valence-corrected chi connectivity index (χ0v) is 11.5. The maximum atomic E-state index is 12.2. The quantitative estimate of drug-likeness (QED) is 0.863. The third-order valence-corrected chi connectivity index (χ3v) is 2.84. The van der Waals surface area contributed by atoms with E-state index in [4.69, 9.17) is 9.47 Å². The second-order valence-electron chi connectivity index (χ2n) is 4.06. The van der Waals surface area contributed by atoms with Gasteiger partial charge in [0.1, 0.15) is 17.1 Å². The van der Waals surface area contributed by atoms with Gasteiger partial charge in [-0.1, -0.05) is 6.07 Å². The van der Waals surface area contributed by atoms with Crippen LogP contribution in [0.1, 0.15) is 10.4 Å². The Labute approximate surface area is 117 Å². The fraction of sp³-hybridized carbons (Fsp3) is 0.286. The van der Waals surface area contributed by atoms with Gasteiger partial charge >= 0.3 is 0 Å². The van der Waals surface area contributed by atoms with Gasteiger partial charge in [0, 0.05) is 18.9 Å². The van der Waals surface area contributed by atoms with Crippen LogP contribution in [0, 0.1) is 0 Å². The Morgan fingerprint density at radius 1 is 1.25 bits per heavy atom. The second kappa shape index (κ2) is 6.60. The van der Waals surface area contributed by atoms with Crippen molar-refractivity contribution in [3.05, 3.63) is 42.2 Å². The van der Waals surface area contributed by atoms with E-state index >= 15 is 0 Å². The van der Waals surface area contributed by atoms with E-state index in [1.165, 1.54) is 14.2 Å². The largest absolute Gasteiger partial charge is 0.496 e. The molecule has 1 amide bonds. The van der Waals surface area contributed by atoms with Crippen LogP contribution in [0.25, 0.3) is 0 Å². The Morgan fingerprint density at radius 2 is 1.95 bits per heavy atom. The van der Waals surface area contributed by atoms with Crippen LogP contribution in [-0.4, -0.2) is 36.5 Å². The van der Waals surface area contributed by atoms with Crippen molar-refractivity contribution in [1.82, 2.24) is 15.1 Å². The molecule has 0 bridgehead atoms. The Morgan fingerprint density at radius 3 is 2.50 bits per heavy atom. The number of hydrogen-bond acceptors (Lipinski definition) is 4. The van der Waals surface area contributed by atoms with E-state index in [0.717, 1.165) is 0 Å². The van der Waals surface area contributed by atoms with Gasteiger partial charge in [-0.05, 0) is 18.2 Å². The third kappa shape index (κ3) is 3.09. The Kier molecular flexibility index (Phi) is 4.60. The third-order valence-electron chi connectivity index (χ3n) is 2.84. The van der Waals surface area contributed by atoms with E-state index in [0.29, 0.717) is 30.2 Å². The summed E-state index contributed by atoms with van der Waals surface area (Å²) in [5, 5.41) is 6.90. The number of aromatic nitrogens is 2. The molecule has 2 aromatic rings. The molecular weight excluding hydrogens is 258 g/mol. The highest BCUT2D eigenvalue weighted by Crippen LogP contribution is 2.27. The first kappa shape index (κ1) is 13.9. The van der Waals surface area contributed by atoms with Crippen LogP contribution in [-0.2, 0) is 6.54 Å². The zero-order valence-electron chi connectivity index (χ0n) is 11.5. The number of benzene rings is 1. The minimum absolute atomic E-state index is 0.230. The van der Waals surface area contributed by atoms with E-state index in [9.17, 15) is 4.79 Å². The molecule has 1 heterocycles. The number of carbonyl (C=O) groups is 1. The van der Waals surface area contributed by atoms with Crippen LogP contribution in [0.4, 0.5) is 0 Å². The van der Waals surface area contributed by atoms with Crippen molar-refractivity contribution < 1.29 is 14.3 Å². The summed E-state index contributed by atoms with van der Waals surface area (Å²) in [7, 11) is 3.05. The summed E-state index contributed by atoms with van der Waals surface area (Å²) in [5.41, 5.74) is 0.401. The fourth-order valence-corrected chi connectivity index (χ4v) is 1.88. The van der Waals surface area contributed by atoms with Gasteiger partial charge in [-0.2, -0.15) is 5.10 Å². The molecular formula is C14H17N3O3. The van der Waals surface area contributed by atoms with Gasteiger partial charge in [0.15, 0.2) is 0 Å². The van der Waals surface area contributed by atoms with Gasteiger partial charge in [-0.15, -0.1) is 0 Å². The fourth-order valence-electron chi connectivity index (χ4n) is 1.88. The summed E-state index contributed by atoms with van der Waals surface area (Å²) in [6.07, 6.45) is 3.54. The van der Waals surface area contributed by atoms with Gasteiger partial charge in [0.25, 0.3) is 5.91 Å². The number of hydrogen-bond donors (Lipinski definition) is 1. The highest BCUT2D eigenvalue weighted by Gasteiger charge is 2.17. The highest BCUT2D eigenvalue weighted by molar-refractivity contribution is 5.99. The van der Waals surface area contributed by atoms with Crippen LogP contribution < -0.4 is 14.8 Å². The topological polar surface area (TPSA) is 65.4 Å². The summed E-state index contributed by atoms with van der Waals surface area (Å²) in [6, 6.07) is 7.07. The lowest BCUT2D eigenvalue weighted by Crippen LogP contribution is -2.28. The van der Waals surface area contributed by atoms with Gasteiger partial charge in [0.05, 0.1) is 20.8 Å². The number of amides is 1. The molecule has 0 radical (unpaired) electrons. The molecule has 1 aromatic carbocycles. The Balaban J connectivity index is 2.04. The van der Waals surface area contributed by atoms with Gasteiger partial charge < -0.3 is 14.8 Å². The van der Waals surface area contributed by atoms with Crippen molar-refractivity contribution in [2.75, 3.05) is 20.8 Å². The average Bonchev–Trinajstić information content (AvgIpc) is 2.99. The monoisotopic (exact) mass is 275 g/mol. The number of rotatable bonds is 6. The van der Waals surface area contributed by atoms with Gasteiger partial charge in [-0.25, -0.2) is 0 Å². The van der Waals surface area contributed by atoms with Crippen molar-refractivity contribution in [3.63, 3.8) is 0 Å². The van der Waals surface area contributed by atoms with E-state index in [1.807, 2.05) is 12.3 Å². The Hall–Kier alpha value is -2.50. The summed E-state index contributed by atoms with van der Waals surface area (Å²) < 4.78 is 12.2. The molecule has 0 saturated heterocycles. The molecule has 0 atom stereocenters. The lowest BCUT2D eigenvalue weighted by molar-refractivity contribution is 0.0945. The molecule has 2 rings (SSSR count). The summed E-state index contributed by atoms with van der Waals surface area (Å²) >= 11 is 0. The molecule has 0 aliphatic carbocycles. The number of methoxy groups -OCH3 is 2. The number of ether oxygens (including phenoxy) is 2. The second-order valence-corrected chi connectivity index (χ2v) is 4.06. The van der Waals surface area contributed by atoms with E-state index in [2.05, 4.69) is 10.4 Å². The first-order chi connectivity index (χ1) is 9.76. The minimum Gasteiger partial charge on any atom is -0.496 e. The van der Waals surface area contributed by atoms with Crippen molar-refractivity contribution in [3.8, 4) is 11.5 Å². The molecule has 6 heteroatoms. The maximum Gasteiger partial charge on any atom is 0.258 e. The van der Waals surface area contributed by atoms with Crippen LogP contribution in [0.3, 0.4) is 0 Å². The molecule has 106 valence electrons. The lowest BCUT2D eigenvalue weighted by Gasteiger charge is -2.13. The number of carbonyl (C=O) groups excluding carboxylic acids is 1. The molecule has 6 nitrogen and oxygen atoms in total. The van der Waals surface area contributed by atoms with Crippen LogP contribution in [0.15, 0.2) is 36.7 Å². The first-order valence-corrected chi connectivity index (χ1v) is 6.23. The number of nitrogens with zero attached hydrogens (tertiary/aromatic N) is 2. The van der Waals surface area contributed by atoms with Crippen molar-refractivity contribution in [2.24, 2.45) is 0 Å². The SMILES string of the molecule is COc1cccc(OC)c1C(=O)NCCn1cccn1. The molecule has 0 saturated carbocycles. The van der Waals surface area contributed by atoms with Crippen LogP contribution in [0.5, 0.6) is 11.5 Å². The standard InChI is InChI=1S/C14H17N3O3/c1-19-11-5-3-6-12(20-2)13(11)14(18)15-8-10-17-9-4-7-16-17/h3-7,9H,8,10H2,1-2H3,(H,15,18). The summed E-state index contributed by atoms with van der Waals surface area (Å²) in [4.78, 5) is 12.2. The molecule has 1 N–H and O–H groups in total. The Bertz CT molecular complexity index is 545. The molecule has 0 aliphatic heterocycles. The van der Waals surface area contributed by atoms with E-state index in [1.54, 1.807) is 29.1 Å². The smallest absolute Gasteiger partial charge is 0.258 e. The highest BCUT2D eigenvalue weighted by atomic mass is 16.5. The van der Waals surface area contributed by atoms with E-state index < -0.39 is 0 Å². The van der Waals surface area contributed by atoms with Crippen molar-refractivity contribution >= 4 is 5.91 Å². The predicted octanol–water partition coefficient (Wildman–Crippen LogP) is 1.33. The number of nitrogens with one attached hydrogen (secondary N) is 1. The lowest BCUT2D eigenvalue weighted by atomic mass is 10.1. The van der Waals surface area contributed by atoms with E-state index in [-0.39, 0.29) is 5.91 Å². The minimum atomic E-state index is -0.230. The molecule has 1 aromatic heterocycles. The van der Waals surface area contributed by atoms with Gasteiger partial charge in [0.2, 0.25) is 0 Å². The first-order valence-electron chi connectivity index (χ1n) is 6.23. The van der Waals surface area contributed by atoms with Gasteiger partial charge in [-0.3, -0.25) is 9.48 Å². The van der Waals surface area contributed by atoms with Crippen LogP contribution >= 0.6 is 0 Å². The molecule has 0 aliphatic rings. The summed E-state index contributed by atoms with van der Waals surface area (Å²) in [6.45, 7) is 1.08. The molecule has 0 fully saturated rings. The maximum absolute atomic E-state index is 12.2. The van der Waals surface area contributed by atoms with Crippen LogP contribution in [0.2, 0.25) is 0 Å². The predicted molar refractivity (Wildman–Crippen MR) is 74.1 cm³/mol. The molecule has 0 unspecified atom stereocenters. The normalized spacial score (nSPS) is 10.1. The van der Waals surface area contributed by atoms with Crippen molar-refractivity contribution in [2.45, 2.75) is 6.54 Å². The molecule has 20 heavy (non-hydrogen) atoms. The average molecular weight is 275 g/mol. The zero-order chi connectivity index (χ0) is 14.4. The molecule has 0 spiro atoms.